The number of thiocyanates is 1. The standard InChI is InChI=1S/C13H15N3O2S/c1-3-16(4-2)13(18)12(17)15-10-5-7-11(8-6-10)19-9-14/h5-8H,3-4H2,1-2H3,(H,15,17). The van der Waals surface area contributed by atoms with E-state index < -0.39 is 11.8 Å². The summed E-state index contributed by atoms with van der Waals surface area (Å²) in [6.45, 7) is 4.65. The summed E-state index contributed by atoms with van der Waals surface area (Å²) in [5.41, 5.74) is 0.535. The molecule has 0 bridgehead atoms. The fourth-order valence-corrected chi connectivity index (χ4v) is 1.88. The van der Waals surface area contributed by atoms with Crippen molar-refractivity contribution in [3.05, 3.63) is 24.3 Å². The summed E-state index contributed by atoms with van der Waals surface area (Å²) in [7, 11) is 0. The highest BCUT2D eigenvalue weighted by atomic mass is 32.2. The van der Waals surface area contributed by atoms with Gasteiger partial charge in [-0.1, -0.05) is 0 Å². The van der Waals surface area contributed by atoms with Crippen molar-refractivity contribution in [1.29, 1.82) is 5.26 Å². The molecule has 6 heteroatoms. The fourth-order valence-electron chi connectivity index (χ4n) is 1.50. The monoisotopic (exact) mass is 277 g/mol. The Hall–Kier alpha value is -2.00. The van der Waals surface area contributed by atoms with Crippen LogP contribution >= 0.6 is 11.8 Å². The Morgan fingerprint density at radius 1 is 1.26 bits per heavy atom. The first kappa shape index (κ1) is 15.1. The van der Waals surface area contributed by atoms with E-state index in [9.17, 15) is 9.59 Å². The number of carbonyl (C=O) groups excluding carboxylic acids is 2. The molecule has 100 valence electrons. The third-order valence-corrected chi connectivity index (χ3v) is 3.12. The lowest BCUT2D eigenvalue weighted by atomic mass is 10.3. The maximum absolute atomic E-state index is 11.7. The first-order chi connectivity index (χ1) is 9.12. The minimum absolute atomic E-state index is 0.500. The Labute approximate surface area is 116 Å². The smallest absolute Gasteiger partial charge is 0.313 e. The highest BCUT2D eigenvalue weighted by Crippen LogP contribution is 2.18. The van der Waals surface area contributed by atoms with Crippen molar-refractivity contribution < 1.29 is 9.59 Å². The number of carbonyl (C=O) groups is 2. The van der Waals surface area contributed by atoms with E-state index in [1.54, 1.807) is 24.3 Å². The van der Waals surface area contributed by atoms with Crippen molar-refractivity contribution in [2.24, 2.45) is 0 Å². The molecule has 0 spiro atoms. The summed E-state index contributed by atoms with van der Waals surface area (Å²) in [4.78, 5) is 25.7. The molecule has 1 aromatic rings. The van der Waals surface area contributed by atoms with Crippen molar-refractivity contribution in [3.63, 3.8) is 0 Å². The molecule has 0 aliphatic carbocycles. The summed E-state index contributed by atoms with van der Waals surface area (Å²) in [6.07, 6.45) is 0. The number of nitrogens with zero attached hydrogens (tertiary/aromatic N) is 2. The number of nitrogens with one attached hydrogen (secondary N) is 1. The van der Waals surface area contributed by atoms with Gasteiger partial charge in [0.25, 0.3) is 0 Å². The van der Waals surface area contributed by atoms with Crippen LogP contribution < -0.4 is 5.32 Å². The maximum Gasteiger partial charge on any atom is 0.313 e. The molecule has 0 aliphatic heterocycles. The van der Waals surface area contributed by atoms with Crippen molar-refractivity contribution in [1.82, 2.24) is 4.90 Å². The fraction of sp³-hybridized carbons (Fsp3) is 0.308. The van der Waals surface area contributed by atoms with Crippen LogP contribution in [0.5, 0.6) is 0 Å². The van der Waals surface area contributed by atoms with Gasteiger partial charge in [0.1, 0.15) is 5.40 Å². The van der Waals surface area contributed by atoms with Crippen LogP contribution in [0.1, 0.15) is 13.8 Å². The summed E-state index contributed by atoms with van der Waals surface area (Å²) in [6, 6.07) is 6.75. The quantitative estimate of drug-likeness (QED) is 0.519. The van der Waals surface area contributed by atoms with Gasteiger partial charge in [0, 0.05) is 23.7 Å². The Bertz CT molecular complexity index is 490. The van der Waals surface area contributed by atoms with Crippen LogP contribution in [-0.2, 0) is 9.59 Å². The van der Waals surface area contributed by atoms with Gasteiger partial charge in [-0.2, -0.15) is 5.26 Å². The highest BCUT2D eigenvalue weighted by molar-refractivity contribution is 8.03. The molecule has 1 rings (SSSR count). The number of nitriles is 1. The van der Waals surface area contributed by atoms with Crippen molar-refractivity contribution in [2.45, 2.75) is 18.7 Å². The molecule has 0 atom stereocenters. The molecule has 0 radical (unpaired) electrons. The van der Waals surface area contributed by atoms with Crippen LogP contribution in [0, 0.1) is 10.7 Å². The second kappa shape index (κ2) is 7.44. The number of amides is 2. The van der Waals surface area contributed by atoms with Gasteiger partial charge in [0.2, 0.25) is 0 Å². The third kappa shape index (κ3) is 4.30. The molecule has 1 aromatic carbocycles. The van der Waals surface area contributed by atoms with Crippen molar-refractivity contribution in [3.8, 4) is 5.40 Å². The zero-order valence-electron chi connectivity index (χ0n) is 10.8. The average molecular weight is 277 g/mol. The van der Waals surface area contributed by atoms with E-state index >= 15 is 0 Å². The van der Waals surface area contributed by atoms with Crippen molar-refractivity contribution >= 4 is 29.3 Å². The van der Waals surface area contributed by atoms with Gasteiger partial charge in [-0.3, -0.25) is 9.59 Å². The van der Waals surface area contributed by atoms with Crippen molar-refractivity contribution in [2.75, 3.05) is 18.4 Å². The number of likely N-dealkylation sites (N-methyl/N-ethyl adjacent to an activating group) is 1. The second-order valence-corrected chi connectivity index (χ2v) is 4.51. The van der Waals surface area contributed by atoms with E-state index in [1.807, 2.05) is 19.2 Å². The molecule has 0 aromatic heterocycles. The molecule has 0 unspecified atom stereocenters. The zero-order valence-corrected chi connectivity index (χ0v) is 11.7. The second-order valence-electron chi connectivity index (χ2n) is 3.65. The van der Waals surface area contributed by atoms with E-state index in [1.165, 1.54) is 4.90 Å². The summed E-state index contributed by atoms with van der Waals surface area (Å²) < 4.78 is 0. The molecule has 5 nitrogen and oxygen atoms in total. The Kier molecular flexibility index (Phi) is 5.90. The summed E-state index contributed by atoms with van der Waals surface area (Å²) >= 11 is 1.04. The van der Waals surface area contributed by atoms with E-state index in [-0.39, 0.29) is 0 Å². The summed E-state index contributed by atoms with van der Waals surface area (Å²) in [5.74, 6) is -1.19. The number of rotatable bonds is 4. The van der Waals surface area contributed by atoms with Crippen LogP contribution in [0.3, 0.4) is 0 Å². The van der Waals surface area contributed by atoms with Gasteiger partial charge >= 0.3 is 11.8 Å². The third-order valence-electron chi connectivity index (χ3n) is 2.52. The lowest BCUT2D eigenvalue weighted by molar-refractivity contribution is -0.142. The predicted octanol–water partition coefficient (Wildman–Crippen LogP) is 2.07. The van der Waals surface area contributed by atoms with E-state index in [4.69, 9.17) is 5.26 Å². The molecule has 19 heavy (non-hydrogen) atoms. The normalized spacial score (nSPS) is 9.53. The highest BCUT2D eigenvalue weighted by Gasteiger charge is 2.19. The molecular formula is C13H15N3O2S. The topological polar surface area (TPSA) is 73.2 Å². The van der Waals surface area contributed by atoms with E-state index in [0.717, 1.165) is 16.7 Å². The van der Waals surface area contributed by atoms with Crippen LogP contribution in [0.25, 0.3) is 0 Å². The van der Waals surface area contributed by atoms with Crippen LogP contribution in [0.15, 0.2) is 29.2 Å². The molecule has 0 saturated carbocycles. The molecule has 2 amide bonds. The SMILES string of the molecule is CCN(CC)C(=O)C(=O)Nc1ccc(SC#N)cc1. The van der Waals surface area contributed by atoms with Gasteiger partial charge in [0.15, 0.2) is 0 Å². The molecule has 0 fully saturated rings. The predicted molar refractivity (Wildman–Crippen MR) is 74.5 cm³/mol. The van der Waals surface area contributed by atoms with Crippen LogP contribution in [0.2, 0.25) is 0 Å². The number of hydrogen-bond donors (Lipinski definition) is 1. The Morgan fingerprint density at radius 3 is 2.32 bits per heavy atom. The molecule has 0 heterocycles. The van der Waals surface area contributed by atoms with Gasteiger partial charge in [-0.15, -0.1) is 0 Å². The molecular weight excluding hydrogens is 262 g/mol. The number of anilines is 1. The van der Waals surface area contributed by atoms with Gasteiger partial charge in [-0.25, -0.2) is 0 Å². The first-order valence-electron chi connectivity index (χ1n) is 5.88. The van der Waals surface area contributed by atoms with Crippen LogP contribution in [0.4, 0.5) is 5.69 Å². The Morgan fingerprint density at radius 2 is 1.84 bits per heavy atom. The minimum Gasteiger partial charge on any atom is -0.335 e. The largest absolute Gasteiger partial charge is 0.335 e. The lowest BCUT2D eigenvalue weighted by Gasteiger charge is -2.17. The molecule has 0 saturated heterocycles. The number of thioether (sulfide) groups is 1. The van der Waals surface area contributed by atoms with Gasteiger partial charge < -0.3 is 10.2 Å². The minimum atomic E-state index is -0.649. The number of benzene rings is 1. The number of hydrogen-bond acceptors (Lipinski definition) is 4. The average Bonchev–Trinajstić information content (AvgIpc) is 2.42. The zero-order chi connectivity index (χ0) is 14.3. The molecule has 0 aliphatic rings. The maximum atomic E-state index is 11.7. The molecule has 1 N–H and O–H groups in total. The Balaban J connectivity index is 2.66. The van der Waals surface area contributed by atoms with E-state index in [0.29, 0.717) is 18.8 Å². The van der Waals surface area contributed by atoms with Gasteiger partial charge in [-0.05, 0) is 49.9 Å². The van der Waals surface area contributed by atoms with Crippen LogP contribution in [-0.4, -0.2) is 29.8 Å². The first-order valence-corrected chi connectivity index (χ1v) is 6.70. The van der Waals surface area contributed by atoms with E-state index in [2.05, 4.69) is 5.32 Å². The van der Waals surface area contributed by atoms with Gasteiger partial charge in [0.05, 0.1) is 0 Å². The lowest BCUT2D eigenvalue weighted by Crippen LogP contribution is -2.39. The summed E-state index contributed by atoms with van der Waals surface area (Å²) in [5, 5.41) is 13.0.